The van der Waals surface area contributed by atoms with Gasteiger partial charge in [-0.3, -0.25) is 10.5 Å². The molecule has 2 heterocycles. The number of rotatable bonds is 1. The van der Waals surface area contributed by atoms with E-state index in [1.807, 2.05) is 55.5 Å². The fourth-order valence-corrected chi connectivity index (χ4v) is 3.33. The maximum absolute atomic E-state index is 13.0. The Balaban J connectivity index is 1.82. The van der Waals surface area contributed by atoms with Gasteiger partial charge in [-0.2, -0.15) is 5.32 Å². The van der Waals surface area contributed by atoms with Crippen LogP contribution in [0.4, 0.5) is 11.4 Å². The number of likely N-dealkylation sites (N-methyl/N-ethyl adjacent to an activating group) is 1. The van der Waals surface area contributed by atoms with Gasteiger partial charge in [-0.15, -0.1) is 0 Å². The number of hydrogen-bond donors (Lipinski definition) is 5. The molecule has 0 fully saturated rings. The van der Waals surface area contributed by atoms with Gasteiger partial charge in [0.15, 0.2) is 0 Å². The molecule has 1 amide bonds. The third-order valence-electron chi connectivity index (χ3n) is 4.59. The predicted molar refractivity (Wildman–Crippen MR) is 95.6 cm³/mol. The number of carbonyl (C=O) groups is 1. The van der Waals surface area contributed by atoms with Crippen LogP contribution in [0.2, 0.25) is 0 Å². The molecular weight excluding hydrogens is 316 g/mol. The molecule has 0 saturated carbocycles. The zero-order valence-corrected chi connectivity index (χ0v) is 14.1. The molecule has 2 aromatic rings. The molecule has 0 unspecified atom stereocenters. The molecule has 0 saturated heterocycles. The number of nitrogens with one attached hydrogen (secondary N) is 4. The zero-order chi connectivity index (χ0) is 17.6. The number of anilines is 2. The van der Waals surface area contributed by atoms with Gasteiger partial charge >= 0.3 is 23.5 Å². The lowest BCUT2D eigenvalue weighted by Crippen LogP contribution is -3.14. The van der Waals surface area contributed by atoms with Crippen molar-refractivity contribution in [2.45, 2.75) is 12.6 Å². The first kappa shape index (κ1) is 15.2. The van der Waals surface area contributed by atoms with Crippen LogP contribution in [0.5, 0.6) is 0 Å². The summed E-state index contributed by atoms with van der Waals surface area (Å²) < 4.78 is 0. The summed E-state index contributed by atoms with van der Waals surface area (Å²) >= 11 is 0. The van der Waals surface area contributed by atoms with Crippen LogP contribution in [0.25, 0.3) is 0 Å². The number of nitrogens with zero attached hydrogens (tertiary/aromatic N) is 1. The van der Waals surface area contributed by atoms with Crippen molar-refractivity contribution in [1.82, 2.24) is 5.32 Å². The lowest BCUT2D eigenvalue weighted by Gasteiger charge is -2.22. The van der Waals surface area contributed by atoms with E-state index in [-0.39, 0.29) is 5.91 Å². The summed E-state index contributed by atoms with van der Waals surface area (Å²) in [6.07, 6.45) is 0. The molecule has 25 heavy (non-hydrogen) atoms. The topological polar surface area (TPSA) is 98.3 Å². The molecule has 4 rings (SSSR count). The summed E-state index contributed by atoms with van der Waals surface area (Å²) in [7, 11) is 1.76. The summed E-state index contributed by atoms with van der Waals surface area (Å²) in [6, 6.07) is 15.5. The summed E-state index contributed by atoms with van der Waals surface area (Å²) in [5.74, 6) is 0.722. The van der Waals surface area contributed by atoms with Gasteiger partial charge < -0.3 is 4.90 Å². The summed E-state index contributed by atoms with van der Waals surface area (Å²) in [6.45, 7) is 2.01. The second-order valence-electron chi connectivity index (χ2n) is 6.23. The minimum Gasteiger partial charge on any atom is -0.308 e. The third kappa shape index (κ3) is 2.24. The van der Waals surface area contributed by atoms with Crippen molar-refractivity contribution in [3.8, 4) is 0 Å². The second kappa shape index (κ2) is 5.34. The van der Waals surface area contributed by atoms with Gasteiger partial charge in [0.1, 0.15) is 5.69 Å². The van der Waals surface area contributed by atoms with Gasteiger partial charge in [-0.05, 0) is 30.7 Å². The van der Waals surface area contributed by atoms with Gasteiger partial charge in [-0.25, -0.2) is 15.3 Å². The molecular formula is C18H20N6O+2. The molecule has 6 N–H and O–H groups in total. The number of aryl methyl sites for hydroxylation is 1. The third-order valence-corrected chi connectivity index (χ3v) is 4.59. The average molecular weight is 336 g/mol. The van der Waals surface area contributed by atoms with Crippen LogP contribution in [-0.4, -0.2) is 24.9 Å². The first-order valence-corrected chi connectivity index (χ1v) is 8.04. The van der Waals surface area contributed by atoms with E-state index < -0.39 is 5.66 Å². The van der Waals surface area contributed by atoms with Gasteiger partial charge in [-0.1, -0.05) is 30.3 Å². The minimum atomic E-state index is -1.13. The van der Waals surface area contributed by atoms with E-state index in [9.17, 15) is 4.79 Å². The average Bonchev–Trinajstić information content (AvgIpc) is 2.79. The molecule has 126 valence electrons. The fourth-order valence-electron chi connectivity index (χ4n) is 3.33. The molecule has 7 nitrogen and oxygen atoms in total. The molecule has 0 aliphatic carbocycles. The number of nitrogens with two attached hydrogens (primary N) is 1. The summed E-state index contributed by atoms with van der Waals surface area (Å²) in [4.78, 5) is 21.0. The number of carbonyl (C=O) groups excluding carboxylic acids is 1. The van der Waals surface area contributed by atoms with E-state index >= 15 is 0 Å². The van der Waals surface area contributed by atoms with Crippen molar-refractivity contribution in [3.05, 3.63) is 59.7 Å². The molecule has 7 heteroatoms. The maximum atomic E-state index is 13.0. The normalized spacial score (nSPS) is 21.5. The SMILES string of the molecule is Cc1ccccc1NC1=[NH+][C@@]2([NH+]=C(N)N1)C(=O)N(C)c1ccccc12. The lowest BCUT2D eigenvalue weighted by atomic mass is 10.0. The van der Waals surface area contributed by atoms with Crippen LogP contribution in [0.1, 0.15) is 11.1 Å². The second-order valence-corrected chi connectivity index (χ2v) is 6.23. The first-order valence-electron chi connectivity index (χ1n) is 8.04. The molecule has 2 aromatic carbocycles. The smallest absolute Gasteiger partial charge is 0.308 e. The van der Waals surface area contributed by atoms with E-state index in [0.717, 1.165) is 22.5 Å². The lowest BCUT2D eigenvalue weighted by molar-refractivity contribution is -0.789. The van der Waals surface area contributed by atoms with Crippen molar-refractivity contribution in [1.29, 1.82) is 0 Å². The van der Waals surface area contributed by atoms with Crippen molar-refractivity contribution in [2.75, 3.05) is 17.3 Å². The largest absolute Gasteiger partial charge is 0.361 e. The zero-order valence-electron chi connectivity index (χ0n) is 14.1. The Kier molecular flexibility index (Phi) is 3.24. The molecule has 2 aliphatic rings. The number of amides is 1. The first-order chi connectivity index (χ1) is 12.0. The summed E-state index contributed by atoms with van der Waals surface area (Å²) in [5.41, 5.74) is 8.61. The van der Waals surface area contributed by atoms with Gasteiger partial charge in [0.2, 0.25) is 0 Å². The molecule has 1 spiro atoms. The van der Waals surface area contributed by atoms with E-state index in [4.69, 9.17) is 5.73 Å². The fraction of sp³-hybridized carbons (Fsp3) is 0.167. The van der Waals surface area contributed by atoms with Crippen LogP contribution in [0, 0.1) is 6.92 Å². The highest BCUT2D eigenvalue weighted by Crippen LogP contribution is 2.32. The quantitative estimate of drug-likeness (QED) is 0.404. The predicted octanol–water partition coefficient (Wildman–Crippen LogP) is -2.33. The number of hydrogen-bond acceptors (Lipinski definition) is 4. The van der Waals surface area contributed by atoms with Crippen molar-refractivity contribution in [2.24, 2.45) is 5.73 Å². The van der Waals surface area contributed by atoms with Crippen LogP contribution < -0.4 is 31.3 Å². The minimum absolute atomic E-state index is 0.123. The Morgan fingerprint density at radius 1 is 1.12 bits per heavy atom. The van der Waals surface area contributed by atoms with Crippen LogP contribution >= 0.6 is 0 Å². The number of benzene rings is 2. The van der Waals surface area contributed by atoms with E-state index in [1.54, 1.807) is 11.9 Å². The number of para-hydroxylation sites is 2. The Hall–Kier alpha value is -3.35. The van der Waals surface area contributed by atoms with Crippen molar-refractivity contribution >= 4 is 29.2 Å². The standard InChI is InChI=1S/C18H18N6O/c1-11-7-3-5-9-13(11)20-17-21-16(19)22-18(23-17)12-8-4-6-10-14(12)24(2)15(18)25/h3-10H,1-2H3,(H4,19,20,21,22,23)/p+2/t18-/m1/s1. The molecule has 1 atom stereocenters. The van der Waals surface area contributed by atoms with Crippen LogP contribution in [0.15, 0.2) is 48.5 Å². The molecule has 0 radical (unpaired) electrons. The molecule has 0 aromatic heterocycles. The van der Waals surface area contributed by atoms with Crippen molar-refractivity contribution < 1.29 is 14.8 Å². The highest BCUT2D eigenvalue weighted by atomic mass is 16.2. The number of fused-ring (bicyclic) bond motifs is 2. The number of guanidine groups is 2. The maximum Gasteiger partial charge on any atom is 0.361 e. The van der Waals surface area contributed by atoms with E-state index in [1.165, 1.54) is 0 Å². The van der Waals surface area contributed by atoms with Crippen LogP contribution in [-0.2, 0) is 10.5 Å². The molecule has 2 aliphatic heterocycles. The van der Waals surface area contributed by atoms with E-state index in [2.05, 4.69) is 20.6 Å². The summed E-state index contributed by atoms with van der Waals surface area (Å²) in [5, 5.41) is 6.30. The Morgan fingerprint density at radius 3 is 2.64 bits per heavy atom. The Bertz CT molecular complexity index is 935. The van der Waals surface area contributed by atoms with Crippen molar-refractivity contribution in [3.63, 3.8) is 0 Å². The van der Waals surface area contributed by atoms with Gasteiger partial charge in [0, 0.05) is 7.05 Å². The van der Waals surface area contributed by atoms with Gasteiger partial charge in [0.05, 0.1) is 11.3 Å². The monoisotopic (exact) mass is 336 g/mol. The Morgan fingerprint density at radius 2 is 1.84 bits per heavy atom. The van der Waals surface area contributed by atoms with Crippen LogP contribution in [0.3, 0.4) is 0 Å². The molecule has 0 bridgehead atoms. The Labute approximate surface area is 145 Å². The van der Waals surface area contributed by atoms with E-state index in [0.29, 0.717) is 11.9 Å². The highest BCUT2D eigenvalue weighted by molar-refractivity contribution is 6.07. The van der Waals surface area contributed by atoms with Gasteiger partial charge in [0.25, 0.3) is 0 Å². The highest BCUT2D eigenvalue weighted by Gasteiger charge is 2.55.